The summed E-state index contributed by atoms with van der Waals surface area (Å²) in [4.78, 5) is 0. The van der Waals surface area contributed by atoms with Crippen LogP contribution in [0.25, 0.3) is 0 Å². The van der Waals surface area contributed by atoms with Crippen molar-refractivity contribution in [3.8, 4) is 0 Å². The van der Waals surface area contributed by atoms with Gasteiger partial charge in [-0.15, -0.1) is 0 Å². The molecule has 0 aliphatic heterocycles. The van der Waals surface area contributed by atoms with Crippen LogP contribution in [0.15, 0.2) is 12.4 Å². The fourth-order valence-electron chi connectivity index (χ4n) is 3.31. The number of hydrogen-bond donors (Lipinski definition) is 2. The minimum Gasteiger partial charge on any atom is -0.307 e. The van der Waals surface area contributed by atoms with Crippen LogP contribution in [0.3, 0.4) is 0 Å². The second kappa shape index (κ2) is 5.87. The first-order chi connectivity index (χ1) is 8.58. The molecule has 4 unspecified atom stereocenters. The lowest BCUT2D eigenvalue weighted by molar-refractivity contribution is 0.161. The van der Waals surface area contributed by atoms with Gasteiger partial charge in [0.15, 0.2) is 0 Å². The molecule has 1 aromatic heterocycles. The third kappa shape index (κ3) is 3.14. The fraction of sp³-hybridized carbons (Fsp3) is 0.800. The van der Waals surface area contributed by atoms with Gasteiger partial charge >= 0.3 is 0 Å². The summed E-state index contributed by atoms with van der Waals surface area (Å²) in [5.74, 6) is 2.44. The molecule has 2 N–H and O–H groups in total. The highest BCUT2D eigenvalue weighted by atomic mass is 15.1. The molecular weight excluding hydrogens is 222 g/mol. The zero-order chi connectivity index (χ0) is 13.1. The van der Waals surface area contributed by atoms with Crippen molar-refractivity contribution in [3.05, 3.63) is 18.0 Å². The summed E-state index contributed by atoms with van der Waals surface area (Å²) in [7, 11) is 0. The van der Waals surface area contributed by atoms with Gasteiger partial charge in [0.1, 0.15) is 0 Å². The Balaban J connectivity index is 2.00. The van der Waals surface area contributed by atoms with E-state index < -0.39 is 0 Å². The monoisotopic (exact) mass is 249 g/mol. The van der Waals surface area contributed by atoms with E-state index in [9.17, 15) is 0 Å². The Labute approximate surface area is 111 Å². The van der Waals surface area contributed by atoms with Crippen molar-refractivity contribution in [2.45, 2.75) is 59.0 Å². The molecule has 18 heavy (non-hydrogen) atoms. The van der Waals surface area contributed by atoms with Gasteiger partial charge in [0.25, 0.3) is 0 Å². The van der Waals surface area contributed by atoms with Gasteiger partial charge in [0, 0.05) is 23.8 Å². The normalized spacial score (nSPS) is 30.6. The lowest BCUT2D eigenvalue weighted by Crippen LogP contribution is -2.43. The zero-order valence-electron chi connectivity index (χ0n) is 12.1. The van der Waals surface area contributed by atoms with Crippen LogP contribution in [0, 0.1) is 17.8 Å². The van der Waals surface area contributed by atoms with Gasteiger partial charge in [-0.2, -0.15) is 5.10 Å². The quantitative estimate of drug-likeness (QED) is 0.857. The first-order valence-corrected chi connectivity index (χ1v) is 7.32. The van der Waals surface area contributed by atoms with Gasteiger partial charge in [-0.3, -0.25) is 5.10 Å². The van der Waals surface area contributed by atoms with Gasteiger partial charge in [-0.05, 0) is 37.5 Å². The van der Waals surface area contributed by atoms with Crippen molar-refractivity contribution in [3.63, 3.8) is 0 Å². The maximum atomic E-state index is 4.04. The molecule has 1 saturated carbocycles. The maximum absolute atomic E-state index is 4.04. The van der Waals surface area contributed by atoms with Crippen molar-refractivity contribution >= 4 is 0 Å². The summed E-state index contributed by atoms with van der Waals surface area (Å²) in [6.07, 6.45) is 7.99. The third-order valence-electron chi connectivity index (χ3n) is 4.51. The van der Waals surface area contributed by atoms with E-state index in [-0.39, 0.29) is 0 Å². The van der Waals surface area contributed by atoms with Crippen LogP contribution < -0.4 is 5.32 Å². The highest BCUT2D eigenvalue weighted by molar-refractivity contribution is 5.08. The Hall–Kier alpha value is -0.830. The van der Waals surface area contributed by atoms with Gasteiger partial charge in [-0.25, -0.2) is 0 Å². The summed E-state index contributed by atoms with van der Waals surface area (Å²) in [5.41, 5.74) is 1.26. The zero-order valence-corrected chi connectivity index (χ0v) is 12.1. The number of nitrogens with zero attached hydrogens (tertiary/aromatic N) is 1. The predicted octanol–water partition coefficient (Wildman–Crippen LogP) is 3.52. The van der Waals surface area contributed by atoms with Gasteiger partial charge in [-0.1, -0.05) is 27.2 Å². The second-order valence-electron chi connectivity index (χ2n) is 6.35. The Bertz CT molecular complexity index is 345. The minimum atomic E-state index is 0.389. The molecule has 1 aliphatic carbocycles. The van der Waals surface area contributed by atoms with Crippen LogP contribution in [0.1, 0.15) is 58.6 Å². The molecule has 0 bridgehead atoms. The van der Waals surface area contributed by atoms with E-state index in [2.05, 4.69) is 43.2 Å². The molecule has 1 heterocycles. The van der Waals surface area contributed by atoms with Crippen LogP contribution in [0.5, 0.6) is 0 Å². The number of rotatable bonds is 4. The molecular formula is C15H27N3. The number of H-pyrrole nitrogens is 1. The Morgan fingerprint density at radius 1 is 1.33 bits per heavy atom. The first kappa shape index (κ1) is 13.6. The van der Waals surface area contributed by atoms with Crippen molar-refractivity contribution in [1.82, 2.24) is 15.5 Å². The number of nitrogens with one attached hydrogen (secondary N) is 2. The summed E-state index contributed by atoms with van der Waals surface area (Å²) < 4.78 is 0. The van der Waals surface area contributed by atoms with Gasteiger partial charge in [0.2, 0.25) is 0 Å². The van der Waals surface area contributed by atoms with E-state index in [0.717, 1.165) is 17.8 Å². The highest BCUT2D eigenvalue weighted by Gasteiger charge is 2.31. The van der Waals surface area contributed by atoms with Crippen LogP contribution in [0.2, 0.25) is 0 Å². The van der Waals surface area contributed by atoms with E-state index in [1.54, 1.807) is 0 Å². The van der Waals surface area contributed by atoms with Crippen LogP contribution in [0.4, 0.5) is 0 Å². The lowest BCUT2D eigenvalue weighted by Gasteiger charge is -2.39. The smallest absolute Gasteiger partial charge is 0.0534 e. The van der Waals surface area contributed by atoms with E-state index in [1.165, 1.54) is 24.8 Å². The van der Waals surface area contributed by atoms with E-state index in [1.807, 2.05) is 12.4 Å². The van der Waals surface area contributed by atoms with E-state index in [4.69, 9.17) is 0 Å². The van der Waals surface area contributed by atoms with E-state index >= 15 is 0 Å². The van der Waals surface area contributed by atoms with Crippen LogP contribution in [-0.4, -0.2) is 16.2 Å². The molecule has 4 atom stereocenters. The summed E-state index contributed by atoms with van der Waals surface area (Å²) in [5, 5.41) is 10.8. The molecule has 3 nitrogen and oxygen atoms in total. The third-order valence-corrected chi connectivity index (χ3v) is 4.51. The molecule has 2 rings (SSSR count). The summed E-state index contributed by atoms with van der Waals surface area (Å²) in [6, 6.07) is 1.04. The van der Waals surface area contributed by atoms with Crippen LogP contribution >= 0.6 is 0 Å². The Morgan fingerprint density at radius 3 is 2.72 bits per heavy atom. The largest absolute Gasteiger partial charge is 0.307 e. The Morgan fingerprint density at radius 2 is 2.11 bits per heavy atom. The van der Waals surface area contributed by atoms with Crippen LogP contribution in [-0.2, 0) is 0 Å². The molecule has 1 aromatic rings. The van der Waals surface area contributed by atoms with Gasteiger partial charge in [0.05, 0.1) is 6.20 Å². The average molecular weight is 249 g/mol. The lowest BCUT2D eigenvalue weighted by atomic mass is 9.73. The molecule has 3 heteroatoms. The molecule has 1 aliphatic rings. The molecule has 0 saturated heterocycles. The SMILES string of the molecule is CC1CCC(C(C)C)C(NC(C)c2cn[nH]c2)C1. The van der Waals surface area contributed by atoms with Crippen molar-refractivity contribution in [2.24, 2.45) is 17.8 Å². The minimum absolute atomic E-state index is 0.389. The van der Waals surface area contributed by atoms with Crippen molar-refractivity contribution < 1.29 is 0 Å². The standard InChI is InChI=1S/C15H27N3/c1-10(2)14-6-5-11(3)7-15(14)18-12(4)13-8-16-17-9-13/h8-12,14-15,18H,5-7H2,1-4H3,(H,16,17). The Kier molecular flexibility index (Phi) is 4.44. The number of aromatic nitrogens is 2. The topological polar surface area (TPSA) is 40.7 Å². The molecule has 1 fully saturated rings. The number of hydrogen-bond acceptors (Lipinski definition) is 2. The molecule has 0 spiro atoms. The number of aromatic amines is 1. The van der Waals surface area contributed by atoms with Crippen molar-refractivity contribution in [2.75, 3.05) is 0 Å². The van der Waals surface area contributed by atoms with E-state index in [0.29, 0.717) is 12.1 Å². The summed E-state index contributed by atoms with van der Waals surface area (Å²) in [6.45, 7) is 9.34. The average Bonchev–Trinajstić information content (AvgIpc) is 2.81. The predicted molar refractivity (Wildman–Crippen MR) is 75.3 cm³/mol. The van der Waals surface area contributed by atoms with Gasteiger partial charge < -0.3 is 5.32 Å². The molecule has 0 aromatic carbocycles. The molecule has 0 amide bonds. The second-order valence-corrected chi connectivity index (χ2v) is 6.35. The maximum Gasteiger partial charge on any atom is 0.0534 e. The summed E-state index contributed by atoms with van der Waals surface area (Å²) >= 11 is 0. The van der Waals surface area contributed by atoms with Crippen molar-refractivity contribution in [1.29, 1.82) is 0 Å². The first-order valence-electron chi connectivity index (χ1n) is 7.32. The highest BCUT2D eigenvalue weighted by Crippen LogP contribution is 2.34. The molecule has 0 radical (unpaired) electrons. The molecule has 102 valence electrons. The fourth-order valence-corrected chi connectivity index (χ4v) is 3.31.